The fraction of sp³-hybridized carbons (Fsp3) is 0.125. The van der Waals surface area contributed by atoms with Crippen LogP contribution in [-0.2, 0) is 17.9 Å². The van der Waals surface area contributed by atoms with E-state index < -0.39 is 11.8 Å². The third-order valence-corrected chi connectivity index (χ3v) is 4.86. The number of hydrogen-bond donors (Lipinski definition) is 4. The Morgan fingerprint density at radius 2 is 1.69 bits per heavy atom. The van der Waals surface area contributed by atoms with Crippen molar-refractivity contribution in [3.8, 4) is 11.5 Å². The number of ether oxygens (including phenoxy) is 2. The van der Waals surface area contributed by atoms with Gasteiger partial charge in [-0.15, -0.1) is 12.4 Å². The number of carbonyl (C=O) groups excluding carboxylic acids is 2. The van der Waals surface area contributed by atoms with Gasteiger partial charge in [-0.25, -0.2) is 4.39 Å². The van der Waals surface area contributed by atoms with Crippen molar-refractivity contribution in [1.29, 1.82) is 5.41 Å². The fourth-order valence-corrected chi connectivity index (χ4v) is 3.18. The Labute approximate surface area is 212 Å². The van der Waals surface area contributed by atoms with Gasteiger partial charge in [0, 0.05) is 28.3 Å². The van der Waals surface area contributed by atoms with Gasteiger partial charge in [0.2, 0.25) is 0 Å². The molecule has 0 aliphatic rings. The molecule has 0 aliphatic carbocycles. The van der Waals surface area contributed by atoms with E-state index in [-0.39, 0.29) is 55.1 Å². The number of amidine groups is 1. The highest BCUT2D eigenvalue weighted by atomic mass is 35.5. The normalized spacial score (nSPS) is 10.1. The Morgan fingerprint density at radius 3 is 2.34 bits per heavy atom. The van der Waals surface area contributed by atoms with Crippen molar-refractivity contribution in [2.24, 2.45) is 11.5 Å². The first-order chi connectivity index (χ1) is 16.2. The highest BCUT2D eigenvalue weighted by Gasteiger charge is 2.13. The molecular weight excluding hydrogens is 498 g/mol. The Bertz CT molecular complexity index is 1220. The number of hydrogen-bond acceptors (Lipinski definition) is 5. The van der Waals surface area contributed by atoms with Crippen LogP contribution in [0.4, 0.5) is 4.39 Å². The third kappa shape index (κ3) is 8.16. The van der Waals surface area contributed by atoms with Crippen molar-refractivity contribution in [2.75, 3.05) is 6.61 Å². The van der Waals surface area contributed by atoms with Crippen LogP contribution in [0.25, 0.3) is 0 Å². The summed E-state index contributed by atoms with van der Waals surface area (Å²) >= 11 is 6.15. The number of rotatable bonds is 10. The van der Waals surface area contributed by atoms with E-state index in [1.54, 1.807) is 30.3 Å². The third-order valence-electron chi connectivity index (χ3n) is 4.64. The Morgan fingerprint density at radius 1 is 0.971 bits per heavy atom. The first-order valence-electron chi connectivity index (χ1n) is 10.1. The zero-order chi connectivity index (χ0) is 24.7. The van der Waals surface area contributed by atoms with Gasteiger partial charge in [0.25, 0.3) is 11.8 Å². The van der Waals surface area contributed by atoms with E-state index in [1.807, 2.05) is 0 Å². The first-order valence-corrected chi connectivity index (χ1v) is 10.4. The molecule has 0 atom stereocenters. The van der Waals surface area contributed by atoms with E-state index in [2.05, 4.69) is 5.32 Å². The molecule has 0 bridgehead atoms. The molecule has 3 aromatic rings. The van der Waals surface area contributed by atoms with Gasteiger partial charge in [-0.2, -0.15) is 0 Å². The summed E-state index contributed by atoms with van der Waals surface area (Å²) in [5.74, 6) is -0.975. The summed E-state index contributed by atoms with van der Waals surface area (Å²) in [5.41, 5.74) is 12.6. The van der Waals surface area contributed by atoms with Gasteiger partial charge in [0.1, 0.15) is 29.8 Å². The summed E-state index contributed by atoms with van der Waals surface area (Å²) in [7, 11) is 0. The molecule has 2 amide bonds. The molecule has 0 fully saturated rings. The highest BCUT2D eigenvalue weighted by molar-refractivity contribution is 6.31. The second-order valence-electron chi connectivity index (χ2n) is 7.26. The molecule has 0 heterocycles. The van der Waals surface area contributed by atoms with Crippen LogP contribution >= 0.6 is 24.0 Å². The number of nitrogens with one attached hydrogen (secondary N) is 2. The smallest absolute Gasteiger partial charge is 0.255 e. The molecule has 3 rings (SSSR count). The van der Waals surface area contributed by atoms with Crippen LogP contribution in [0, 0.1) is 11.2 Å². The van der Waals surface area contributed by atoms with Gasteiger partial charge in [-0.3, -0.25) is 15.0 Å². The number of carbonyl (C=O) groups is 2. The summed E-state index contributed by atoms with van der Waals surface area (Å²) in [5, 5.41) is 10.6. The lowest BCUT2D eigenvalue weighted by atomic mass is 10.1. The van der Waals surface area contributed by atoms with Crippen LogP contribution in [-0.4, -0.2) is 24.3 Å². The van der Waals surface area contributed by atoms with Gasteiger partial charge in [-0.1, -0.05) is 35.9 Å². The number of benzene rings is 3. The van der Waals surface area contributed by atoms with Gasteiger partial charge in [0.15, 0.2) is 6.61 Å². The average molecular weight is 521 g/mol. The SMILES string of the molecule is Cl.N=C(N)c1ccc(CNC(=O)c2cc(Cl)cc(OCc3ccc(F)cc3)c2)c(OCC(N)=O)c1. The van der Waals surface area contributed by atoms with Gasteiger partial charge >= 0.3 is 0 Å². The van der Waals surface area contributed by atoms with Crippen molar-refractivity contribution < 1.29 is 23.5 Å². The molecule has 8 nitrogen and oxygen atoms in total. The fourth-order valence-electron chi connectivity index (χ4n) is 2.95. The number of nitrogens with two attached hydrogens (primary N) is 2. The molecule has 0 saturated heterocycles. The van der Waals surface area contributed by atoms with Crippen LogP contribution < -0.4 is 26.3 Å². The molecule has 0 spiro atoms. The second kappa shape index (κ2) is 12.6. The van der Waals surface area contributed by atoms with Gasteiger partial charge in [-0.05, 0) is 42.0 Å². The largest absolute Gasteiger partial charge is 0.489 e. The number of nitrogen functional groups attached to an aromatic ring is 1. The van der Waals surface area contributed by atoms with Crippen molar-refractivity contribution >= 4 is 41.7 Å². The van der Waals surface area contributed by atoms with E-state index >= 15 is 0 Å². The maximum Gasteiger partial charge on any atom is 0.255 e. The molecule has 184 valence electrons. The van der Waals surface area contributed by atoms with E-state index in [9.17, 15) is 14.0 Å². The van der Waals surface area contributed by atoms with Crippen LogP contribution in [0.1, 0.15) is 27.0 Å². The first kappa shape index (κ1) is 27.4. The van der Waals surface area contributed by atoms with E-state index in [0.717, 1.165) is 5.56 Å². The zero-order valence-corrected chi connectivity index (χ0v) is 19.9. The van der Waals surface area contributed by atoms with Crippen LogP contribution in [0.5, 0.6) is 11.5 Å². The Kier molecular flexibility index (Phi) is 9.86. The molecule has 0 aliphatic heterocycles. The second-order valence-corrected chi connectivity index (χ2v) is 7.70. The van der Waals surface area contributed by atoms with E-state index in [4.69, 9.17) is 38.0 Å². The standard InChI is InChI=1S/C24H22ClFN4O4.ClH/c25-18-7-17(8-20(10-18)33-12-14-1-5-19(26)6-2-14)24(32)30-11-16-4-3-15(23(28)29)9-21(16)34-13-22(27)31;/h1-10H,11-13H2,(H2,27,31)(H3,28,29)(H,30,32);1H. The maximum absolute atomic E-state index is 13.1. The molecule has 0 radical (unpaired) electrons. The van der Waals surface area contributed by atoms with Crippen molar-refractivity contribution in [1.82, 2.24) is 5.32 Å². The molecule has 11 heteroatoms. The Hall–Kier alpha value is -3.82. The Balaban J connectivity index is 0.00000432. The molecule has 35 heavy (non-hydrogen) atoms. The van der Waals surface area contributed by atoms with Crippen LogP contribution in [0.2, 0.25) is 5.02 Å². The summed E-state index contributed by atoms with van der Waals surface area (Å²) in [4.78, 5) is 23.8. The quantitative estimate of drug-likeness (QED) is 0.239. The number of primary amides is 1. The minimum atomic E-state index is -0.671. The van der Waals surface area contributed by atoms with Gasteiger partial charge < -0.3 is 26.3 Å². The lowest BCUT2D eigenvalue weighted by Gasteiger charge is -2.14. The predicted octanol–water partition coefficient (Wildman–Crippen LogP) is 3.56. The highest BCUT2D eigenvalue weighted by Crippen LogP contribution is 2.24. The molecule has 0 aromatic heterocycles. The lowest BCUT2D eigenvalue weighted by molar-refractivity contribution is -0.119. The van der Waals surface area contributed by atoms with Crippen LogP contribution in [0.15, 0.2) is 60.7 Å². The molecule has 6 N–H and O–H groups in total. The maximum atomic E-state index is 13.1. The summed E-state index contributed by atoms with van der Waals surface area (Å²) < 4.78 is 24.1. The topological polar surface area (TPSA) is 141 Å². The predicted molar refractivity (Wildman–Crippen MR) is 133 cm³/mol. The van der Waals surface area contributed by atoms with Crippen molar-refractivity contribution in [3.05, 3.63) is 93.8 Å². The van der Waals surface area contributed by atoms with Crippen molar-refractivity contribution in [3.63, 3.8) is 0 Å². The lowest BCUT2D eigenvalue weighted by Crippen LogP contribution is -2.24. The summed E-state index contributed by atoms with van der Waals surface area (Å²) in [6.45, 7) is -0.139. The van der Waals surface area contributed by atoms with Crippen molar-refractivity contribution in [2.45, 2.75) is 13.2 Å². The monoisotopic (exact) mass is 520 g/mol. The summed E-state index contributed by atoms with van der Waals surface area (Å²) in [6, 6.07) is 15.2. The zero-order valence-electron chi connectivity index (χ0n) is 18.3. The molecular formula is C24H23Cl2FN4O4. The van der Waals surface area contributed by atoms with Gasteiger partial charge in [0.05, 0.1) is 0 Å². The minimum Gasteiger partial charge on any atom is -0.489 e. The minimum absolute atomic E-state index is 0. The average Bonchev–Trinajstić information content (AvgIpc) is 2.80. The van der Waals surface area contributed by atoms with E-state index in [1.165, 1.54) is 30.3 Å². The van der Waals surface area contributed by atoms with E-state index in [0.29, 0.717) is 21.9 Å². The molecule has 0 unspecified atom stereocenters. The molecule has 0 saturated carbocycles. The summed E-state index contributed by atoms with van der Waals surface area (Å²) in [6.07, 6.45) is 0. The number of halogens is 3. The van der Waals surface area contributed by atoms with Crippen LogP contribution in [0.3, 0.4) is 0 Å². The number of amides is 2. The molecule has 3 aromatic carbocycles.